The number of carboxylic acid groups (broad SMARTS) is 1. The molecular weight excluding hydrogens is 140 g/mol. The van der Waals surface area contributed by atoms with Crippen molar-refractivity contribution in [2.24, 2.45) is 0 Å². The fraction of sp³-hybridized carbons (Fsp3) is 0. The predicted molar refractivity (Wildman–Crippen MR) is 33.6 cm³/mol. The second-order valence-electron chi connectivity index (χ2n) is 1.43. The van der Waals surface area contributed by atoms with E-state index in [0.717, 1.165) is 4.09 Å². The summed E-state index contributed by atoms with van der Waals surface area (Å²) in [6.45, 7) is 0. The zero-order chi connectivity index (χ0) is 6.85. The smallest absolute Gasteiger partial charge is 0.356 e. The second-order valence-corrected chi connectivity index (χ2v) is 1.84. The fourth-order valence-corrected chi connectivity index (χ4v) is 0.591. The highest BCUT2D eigenvalue weighted by Gasteiger charge is 2.03. The Hall–Kier alpha value is -0.970. The van der Waals surface area contributed by atoms with E-state index in [1.54, 1.807) is 0 Å². The first-order valence-electron chi connectivity index (χ1n) is 2.18. The van der Waals surface area contributed by atoms with Crippen LogP contribution in [0.4, 0.5) is 0 Å². The highest BCUT2D eigenvalue weighted by atomic mass is 32.1. The van der Waals surface area contributed by atoms with E-state index in [2.05, 4.69) is 17.9 Å². The quantitative estimate of drug-likeness (QED) is 0.556. The third kappa shape index (κ3) is 1.23. The van der Waals surface area contributed by atoms with Gasteiger partial charge in [0.2, 0.25) is 0 Å². The van der Waals surface area contributed by atoms with Crippen LogP contribution < -0.4 is 0 Å². The van der Waals surface area contributed by atoms with Gasteiger partial charge in [0.25, 0.3) is 0 Å². The van der Waals surface area contributed by atoms with Crippen molar-refractivity contribution in [3.8, 4) is 0 Å². The average molecular weight is 144 g/mol. The molecular formula is C4H4N2O2S. The fourth-order valence-electron chi connectivity index (χ4n) is 0.428. The van der Waals surface area contributed by atoms with Crippen LogP contribution in [0.1, 0.15) is 10.5 Å². The Kier molecular flexibility index (Phi) is 1.44. The van der Waals surface area contributed by atoms with Gasteiger partial charge in [-0.15, -0.1) is 0 Å². The van der Waals surface area contributed by atoms with Crippen molar-refractivity contribution in [1.82, 2.24) is 9.19 Å². The van der Waals surface area contributed by atoms with Crippen LogP contribution in [0, 0.1) is 0 Å². The van der Waals surface area contributed by atoms with Crippen molar-refractivity contribution < 1.29 is 9.90 Å². The molecule has 5 heteroatoms. The number of hydrogen-bond donors (Lipinski definition) is 2. The van der Waals surface area contributed by atoms with E-state index in [9.17, 15) is 4.79 Å². The number of nitrogens with zero attached hydrogens (tertiary/aromatic N) is 2. The van der Waals surface area contributed by atoms with Crippen molar-refractivity contribution in [3.63, 3.8) is 0 Å². The standard InChI is InChI=1S/C4H4N2O2S/c7-4(8)3-1-2-6(9)5-3/h1-2,9H,(H,7,8). The molecule has 9 heavy (non-hydrogen) atoms. The maximum atomic E-state index is 10.1. The first kappa shape index (κ1) is 6.15. The molecule has 0 aliphatic heterocycles. The van der Waals surface area contributed by atoms with Gasteiger partial charge in [-0.3, -0.25) is 0 Å². The Morgan fingerprint density at radius 3 is 2.78 bits per heavy atom. The number of rotatable bonds is 1. The van der Waals surface area contributed by atoms with Crippen LogP contribution in [0.5, 0.6) is 0 Å². The zero-order valence-electron chi connectivity index (χ0n) is 4.35. The maximum Gasteiger partial charge on any atom is 0.356 e. The molecule has 0 aromatic carbocycles. The van der Waals surface area contributed by atoms with Crippen LogP contribution in [-0.4, -0.2) is 20.3 Å². The van der Waals surface area contributed by atoms with Crippen molar-refractivity contribution in [1.29, 1.82) is 0 Å². The lowest BCUT2D eigenvalue weighted by molar-refractivity contribution is 0.0690. The summed E-state index contributed by atoms with van der Waals surface area (Å²) in [6, 6.07) is 1.37. The summed E-state index contributed by atoms with van der Waals surface area (Å²) in [5.41, 5.74) is 0.00463. The Labute approximate surface area is 56.6 Å². The number of carboxylic acids is 1. The molecule has 0 aliphatic rings. The molecule has 0 spiro atoms. The van der Waals surface area contributed by atoms with Crippen molar-refractivity contribution >= 4 is 18.8 Å². The maximum absolute atomic E-state index is 10.1. The summed E-state index contributed by atoms with van der Waals surface area (Å²) in [5, 5.41) is 11.8. The SMILES string of the molecule is O=C(O)c1ccn(S)n1. The van der Waals surface area contributed by atoms with E-state index in [0.29, 0.717) is 0 Å². The van der Waals surface area contributed by atoms with Crippen molar-refractivity contribution in [2.45, 2.75) is 0 Å². The number of hydrogen-bond acceptors (Lipinski definition) is 3. The minimum atomic E-state index is -1.04. The van der Waals surface area contributed by atoms with Crippen molar-refractivity contribution in [3.05, 3.63) is 18.0 Å². The van der Waals surface area contributed by atoms with Gasteiger partial charge in [-0.25, -0.2) is 8.88 Å². The lowest BCUT2D eigenvalue weighted by Gasteiger charge is -1.81. The van der Waals surface area contributed by atoms with Crippen LogP contribution in [0.3, 0.4) is 0 Å². The molecule has 1 aromatic rings. The molecule has 0 saturated carbocycles. The van der Waals surface area contributed by atoms with Gasteiger partial charge in [0, 0.05) is 6.20 Å². The molecule has 1 aromatic heterocycles. The largest absolute Gasteiger partial charge is 0.476 e. The van der Waals surface area contributed by atoms with E-state index >= 15 is 0 Å². The summed E-state index contributed by atoms with van der Waals surface area (Å²) in [6.07, 6.45) is 1.45. The van der Waals surface area contributed by atoms with Gasteiger partial charge in [0.15, 0.2) is 5.69 Å². The highest BCUT2D eigenvalue weighted by molar-refractivity contribution is 7.78. The third-order valence-electron chi connectivity index (χ3n) is 0.795. The lowest BCUT2D eigenvalue weighted by atomic mass is 10.5. The van der Waals surface area contributed by atoms with E-state index in [4.69, 9.17) is 5.11 Å². The van der Waals surface area contributed by atoms with Gasteiger partial charge in [0.1, 0.15) is 0 Å². The number of aromatic nitrogens is 2. The lowest BCUT2D eigenvalue weighted by Crippen LogP contribution is -1.96. The molecule has 1 rings (SSSR count). The molecule has 0 fully saturated rings. The van der Waals surface area contributed by atoms with Gasteiger partial charge in [-0.2, -0.15) is 5.10 Å². The number of carbonyl (C=O) groups is 1. The van der Waals surface area contributed by atoms with Gasteiger partial charge in [0.05, 0.1) is 0 Å². The van der Waals surface area contributed by atoms with Crippen LogP contribution in [0.15, 0.2) is 12.3 Å². The normalized spacial score (nSPS) is 9.44. The average Bonchev–Trinajstić information content (AvgIpc) is 2.14. The van der Waals surface area contributed by atoms with Gasteiger partial charge in [-0.1, -0.05) is 0 Å². The van der Waals surface area contributed by atoms with Crippen molar-refractivity contribution in [2.75, 3.05) is 0 Å². The van der Waals surface area contributed by atoms with E-state index in [-0.39, 0.29) is 5.69 Å². The van der Waals surface area contributed by atoms with Gasteiger partial charge in [-0.05, 0) is 18.9 Å². The molecule has 0 bridgehead atoms. The topological polar surface area (TPSA) is 55.1 Å². The summed E-state index contributed by atoms with van der Waals surface area (Å²) >= 11 is 3.74. The molecule has 0 aliphatic carbocycles. The minimum absolute atomic E-state index is 0.00463. The molecule has 0 radical (unpaired) electrons. The summed E-state index contributed by atoms with van der Waals surface area (Å²) < 4.78 is 1.14. The Morgan fingerprint density at radius 2 is 2.56 bits per heavy atom. The number of thiol groups is 1. The molecule has 48 valence electrons. The Balaban J connectivity index is 2.98. The molecule has 0 amide bonds. The van der Waals surface area contributed by atoms with Crippen LogP contribution in [0.2, 0.25) is 0 Å². The zero-order valence-corrected chi connectivity index (χ0v) is 5.25. The molecule has 1 heterocycles. The Bertz CT molecular complexity index is 232. The van der Waals surface area contributed by atoms with E-state index in [1.807, 2.05) is 0 Å². The van der Waals surface area contributed by atoms with Gasteiger partial charge < -0.3 is 5.11 Å². The summed E-state index contributed by atoms with van der Waals surface area (Å²) in [4.78, 5) is 10.1. The first-order valence-corrected chi connectivity index (χ1v) is 2.58. The first-order chi connectivity index (χ1) is 4.20. The van der Waals surface area contributed by atoms with Crippen LogP contribution in [0.25, 0.3) is 0 Å². The highest BCUT2D eigenvalue weighted by Crippen LogP contribution is 1.94. The summed E-state index contributed by atoms with van der Waals surface area (Å²) in [7, 11) is 0. The predicted octanol–water partition coefficient (Wildman–Crippen LogP) is 0.274. The molecule has 0 unspecified atom stereocenters. The van der Waals surface area contributed by atoms with E-state index < -0.39 is 5.97 Å². The van der Waals surface area contributed by atoms with Crippen LogP contribution >= 0.6 is 12.8 Å². The Morgan fingerprint density at radius 1 is 1.89 bits per heavy atom. The van der Waals surface area contributed by atoms with Gasteiger partial charge >= 0.3 is 5.97 Å². The minimum Gasteiger partial charge on any atom is -0.476 e. The van der Waals surface area contributed by atoms with Crippen LogP contribution in [-0.2, 0) is 0 Å². The molecule has 1 N–H and O–H groups in total. The second kappa shape index (κ2) is 2.10. The molecule has 4 nitrogen and oxygen atoms in total. The molecule has 0 saturated heterocycles. The van der Waals surface area contributed by atoms with E-state index in [1.165, 1.54) is 12.3 Å². The summed E-state index contributed by atoms with van der Waals surface area (Å²) in [5.74, 6) is -1.04. The molecule has 0 atom stereocenters. The third-order valence-corrected chi connectivity index (χ3v) is 1.02. The number of aromatic carboxylic acids is 1. The monoisotopic (exact) mass is 144 g/mol.